The first kappa shape index (κ1) is 11.8. The molecule has 0 saturated carbocycles. The third-order valence-corrected chi connectivity index (χ3v) is 3.79. The van der Waals surface area contributed by atoms with Gasteiger partial charge in [-0.05, 0) is 41.2 Å². The number of hydrogen-bond donors (Lipinski definition) is 0. The predicted octanol–water partition coefficient (Wildman–Crippen LogP) is 5.02. The molecule has 1 heteroatoms. The zero-order valence-electron chi connectivity index (χ0n) is 10.0. The first-order valence-electron chi connectivity index (χ1n) is 5.59. The summed E-state index contributed by atoms with van der Waals surface area (Å²) in [5.74, 6) is 2.20. The molecule has 0 N–H and O–H groups in total. The van der Waals surface area contributed by atoms with E-state index in [1.165, 1.54) is 6.42 Å². The normalized spacial score (nSPS) is 13.9. The molecule has 1 rings (SSSR count). The van der Waals surface area contributed by atoms with Crippen LogP contribution in [0.5, 0.6) is 0 Å². The lowest BCUT2D eigenvalue weighted by molar-refractivity contribution is 0.525. The fraction of sp³-hybridized carbons (Fsp3) is 0.692. The van der Waals surface area contributed by atoms with E-state index in [4.69, 9.17) is 0 Å². The van der Waals surface area contributed by atoms with Crippen LogP contribution in [0, 0.1) is 5.92 Å². The van der Waals surface area contributed by atoms with Crippen LogP contribution in [0.1, 0.15) is 63.3 Å². The summed E-state index contributed by atoms with van der Waals surface area (Å²) in [6.07, 6.45) is 1.31. The highest BCUT2D eigenvalue weighted by Crippen LogP contribution is 2.34. The molecule has 1 aromatic heterocycles. The van der Waals surface area contributed by atoms with Gasteiger partial charge in [0, 0.05) is 4.88 Å². The maximum atomic E-state index is 2.36. The van der Waals surface area contributed by atoms with E-state index in [-0.39, 0.29) is 0 Å². The Kier molecular flexibility index (Phi) is 4.18. The molecule has 14 heavy (non-hydrogen) atoms. The molecule has 0 aliphatic heterocycles. The van der Waals surface area contributed by atoms with Crippen molar-refractivity contribution in [2.45, 2.75) is 52.9 Å². The van der Waals surface area contributed by atoms with Crippen LogP contribution < -0.4 is 0 Å². The van der Waals surface area contributed by atoms with E-state index in [1.807, 2.05) is 11.3 Å². The summed E-state index contributed by atoms with van der Waals surface area (Å²) in [7, 11) is 0. The standard InChI is InChI=1S/C13H22S/c1-9(2)8-11(5)13-12(10(3)4)6-7-14-13/h6-7,9-11H,8H2,1-5H3. The van der Waals surface area contributed by atoms with Gasteiger partial charge in [-0.15, -0.1) is 11.3 Å². The second kappa shape index (κ2) is 4.97. The van der Waals surface area contributed by atoms with E-state index in [0.717, 1.165) is 11.8 Å². The molecule has 0 aliphatic rings. The summed E-state index contributed by atoms with van der Waals surface area (Å²) in [5, 5.41) is 2.24. The molecule has 1 heterocycles. The Morgan fingerprint density at radius 3 is 2.29 bits per heavy atom. The van der Waals surface area contributed by atoms with Gasteiger partial charge in [-0.1, -0.05) is 34.6 Å². The van der Waals surface area contributed by atoms with Crippen LogP contribution in [0.25, 0.3) is 0 Å². The van der Waals surface area contributed by atoms with Gasteiger partial charge in [0.2, 0.25) is 0 Å². The van der Waals surface area contributed by atoms with Crippen molar-refractivity contribution in [3.05, 3.63) is 21.9 Å². The quantitative estimate of drug-likeness (QED) is 0.654. The molecule has 0 nitrogen and oxygen atoms in total. The molecule has 0 fully saturated rings. The van der Waals surface area contributed by atoms with Gasteiger partial charge in [0.1, 0.15) is 0 Å². The van der Waals surface area contributed by atoms with Gasteiger partial charge >= 0.3 is 0 Å². The Morgan fingerprint density at radius 1 is 1.14 bits per heavy atom. The molecular formula is C13H22S. The fourth-order valence-electron chi connectivity index (χ4n) is 2.02. The SMILES string of the molecule is CC(C)CC(C)c1sccc1C(C)C. The average molecular weight is 210 g/mol. The summed E-state index contributed by atoms with van der Waals surface area (Å²) in [6.45, 7) is 11.5. The van der Waals surface area contributed by atoms with Crippen molar-refractivity contribution < 1.29 is 0 Å². The summed E-state index contributed by atoms with van der Waals surface area (Å²) in [4.78, 5) is 1.61. The summed E-state index contributed by atoms with van der Waals surface area (Å²) < 4.78 is 0. The van der Waals surface area contributed by atoms with Crippen molar-refractivity contribution in [2.75, 3.05) is 0 Å². The van der Waals surface area contributed by atoms with Gasteiger partial charge in [-0.25, -0.2) is 0 Å². The summed E-state index contributed by atoms with van der Waals surface area (Å²) in [6, 6.07) is 2.29. The lowest BCUT2D eigenvalue weighted by Crippen LogP contribution is -2.00. The molecule has 0 amide bonds. The van der Waals surface area contributed by atoms with E-state index in [1.54, 1.807) is 10.4 Å². The molecule has 0 spiro atoms. The Balaban J connectivity index is 2.78. The third kappa shape index (κ3) is 2.84. The number of rotatable bonds is 4. The summed E-state index contributed by atoms with van der Waals surface area (Å²) in [5.41, 5.74) is 1.56. The van der Waals surface area contributed by atoms with Crippen LogP contribution >= 0.6 is 11.3 Å². The van der Waals surface area contributed by atoms with Crippen molar-refractivity contribution in [3.8, 4) is 0 Å². The van der Waals surface area contributed by atoms with Crippen molar-refractivity contribution in [3.63, 3.8) is 0 Å². The maximum absolute atomic E-state index is 2.36. The van der Waals surface area contributed by atoms with Crippen LogP contribution in [-0.2, 0) is 0 Å². The average Bonchev–Trinajstić information content (AvgIpc) is 2.49. The number of hydrogen-bond acceptors (Lipinski definition) is 1. The molecule has 0 aromatic carbocycles. The van der Waals surface area contributed by atoms with E-state index < -0.39 is 0 Å². The second-order valence-corrected chi connectivity index (χ2v) is 5.87. The van der Waals surface area contributed by atoms with E-state index in [9.17, 15) is 0 Å². The molecule has 1 atom stereocenters. The fourth-order valence-corrected chi connectivity index (χ4v) is 3.15. The van der Waals surface area contributed by atoms with E-state index in [2.05, 4.69) is 46.1 Å². The van der Waals surface area contributed by atoms with Crippen molar-refractivity contribution in [2.24, 2.45) is 5.92 Å². The largest absolute Gasteiger partial charge is 0.148 e. The highest BCUT2D eigenvalue weighted by molar-refractivity contribution is 7.10. The zero-order chi connectivity index (χ0) is 10.7. The smallest absolute Gasteiger partial charge is 0.0108 e. The van der Waals surface area contributed by atoms with Crippen molar-refractivity contribution >= 4 is 11.3 Å². The molecule has 80 valence electrons. The first-order chi connectivity index (χ1) is 6.52. The molecule has 0 radical (unpaired) electrons. The van der Waals surface area contributed by atoms with Crippen LogP contribution in [0.2, 0.25) is 0 Å². The lowest BCUT2D eigenvalue weighted by Gasteiger charge is -2.16. The molecule has 0 bridgehead atoms. The second-order valence-electron chi connectivity index (χ2n) is 4.93. The van der Waals surface area contributed by atoms with Crippen molar-refractivity contribution in [1.82, 2.24) is 0 Å². The van der Waals surface area contributed by atoms with Crippen LogP contribution in [-0.4, -0.2) is 0 Å². The van der Waals surface area contributed by atoms with Gasteiger partial charge in [0.05, 0.1) is 0 Å². The minimum absolute atomic E-state index is 0.672. The van der Waals surface area contributed by atoms with Crippen LogP contribution in [0.3, 0.4) is 0 Å². The van der Waals surface area contributed by atoms with Crippen molar-refractivity contribution in [1.29, 1.82) is 0 Å². The minimum atomic E-state index is 0.672. The highest BCUT2D eigenvalue weighted by Gasteiger charge is 2.15. The van der Waals surface area contributed by atoms with Gasteiger partial charge < -0.3 is 0 Å². The predicted molar refractivity (Wildman–Crippen MR) is 66.3 cm³/mol. The third-order valence-electron chi connectivity index (χ3n) is 2.62. The van der Waals surface area contributed by atoms with Gasteiger partial charge in [-0.3, -0.25) is 0 Å². The van der Waals surface area contributed by atoms with Crippen LogP contribution in [0.15, 0.2) is 11.4 Å². The zero-order valence-corrected chi connectivity index (χ0v) is 10.8. The molecular weight excluding hydrogens is 188 g/mol. The van der Waals surface area contributed by atoms with Crippen LogP contribution in [0.4, 0.5) is 0 Å². The highest BCUT2D eigenvalue weighted by atomic mass is 32.1. The van der Waals surface area contributed by atoms with Gasteiger partial charge in [0.15, 0.2) is 0 Å². The Morgan fingerprint density at radius 2 is 1.79 bits per heavy atom. The van der Waals surface area contributed by atoms with Gasteiger partial charge in [0.25, 0.3) is 0 Å². The summed E-state index contributed by atoms with van der Waals surface area (Å²) >= 11 is 1.93. The molecule has 1 unspecified atom stereocenters. The first-order valence-corrected chi connectivity index (χ1v) is 6.47. The number of thiophene rings is 1. The Labute approximate surface area is 92.4 Å². The Bertz CT molecular complexity index is 271. The minimum Gasteiger partial charge on any atom is -0.148 e. The molecule has 1 aromatic rings. The lowest BCUT2D eigenvalue weighted by atomic mass is 9.92. The monoisotopic (exact) mass is 210 g/mol. The topological polar surface area (TPSA) is 0 Å². The molecule has 0 aliphatic carbocycles. The van der Waals surface area contributed by atoms with E-state index in [0.29, 0.717) is 5.92 Å². The van der Waals surface area contributed by atoms with E-state index >= 15 is 0 Å². The maximum Gasteiger partial charge on any atom is 0.0108 e. The van der Waals surface area contributed by atoms with Gasteiger partial charge in [-0.2, -0.15) is 0 Å². The molecule has 0 saturated heterocycles. The Hall–Kier alpha value is -0.300.